The molecule has 0 atom stereocenters. The number of nitrogens with two attached hydrogens (primary N) is 1. The number of carbonyl (C=O) groups is 1. The number of nitriles is 2. The molecule has 0 aliphatic rings. The highest BCUT2D eigenvalue weighted by Gasteiger charge is 2.15. The minimum atomic E-state index is -0.422. The Kier molecular flexibility index (Phi) is 7.84. The smallest absolute Gasteiger partial charge is 0.276 e. The van der Waals surface area contributed by atoms with Gasteiger partial charge in [-0.15, -0.1) is 0 Å². The van der Waals surface area contributed by atoms with Gasteiger partial charge in [0, 0.05) is 13.1 Å². The van der Waals surface area contributed by atoms with E-state index in [9.17, 15) is 4.79 Å². The van der Waals surface area contributed by atoms with Gasteiger partial charge in [0.15, 0.2) is 18.2 Å². The van der Waals surface area contributed by atoms with Crippen LogP contribution in [0.15, 0.2) is 36.7 Å². The molecule has 0 spiro atoms. The summed E-state index contributed by atoms with van der Waals surface area (Å²) in [5.74, 6) is 0.746. The molecular formula is C18H20N8O2. The molecule has 1 aromatic heterocycles. The molecule has 10 heteroatoms. The Morgan fingerprint density at radius 3 is 2.46 bits per heavy atom. The van der Waals surface area contributed by atoms with Gasteiger partial charge in [-0.1, -0.05) is 18.2 Å². The fraction of sp³-hybridized carbons (Fsp3) is 0.278. The number of rotatable bonds is 10. The molecule has 28 heavy (non-hydrogen) atoms. The predicted octanol–water partition coefficient (Wildman–Crippen LogP) is 1.21. The van der Waals surface area contributed by atoms with E-state index in [-0.39, 0.29) is 31.0 Å². The van der Waals surface area contributed by atoms with Gasteiger partial charge < -0.3 is 15.4 Å². The lowest BCUT2D eigenvalue weighted by atomic mass is 10.3. The van der Waals surface area contributed by atoms with E-state index in [1.165, 1.54) is 6.33 Å². The number of hydrogen-bond acceptors (Lipinski definition) is 9. The molecule has 0 unspecified atom stereocenters. The fourth-order valence-electron chi connectivity index (χ4n) is 2.26. The first-order valence-electron chi connectivity index (χ1n) is 8.47. The number of carbonyl (C=O) groups excluding carboxylic acids is 1. The van der Waals surface area contributed by atoms with Crippen molar-refractivity contribution in [2.75, 3.05) is 35.8 Å². The monoisotopic (exact) mass is 380 g/mol. The Balaban J connectivity index is 1.98. The van der Waals surface area contributed by atoms with E-state index in [1.807, 2.05) is 6.07 Å². The van der Waals surface area contributed by atoms with Crippen LogP contribution in [0.2, 0.25) is 0 Å². The normalized spacial score (nSPS) is 9.64. The molecule has 0 bridgehead atoms. The van der Waals surface area contributed by atoms with E-state index < -0.39 is 5.91 Å². The number of para-hydroxylation sites is 1. The van der Waals surface area contributed by atoms with E-state index in [0.29, 0.717) is 24.7 Å². The number of aromatic nitrogens is 2. The Morgan fingerprint density at radius 1 is 1.14 bits per heavy atom. The molecular weight excluding hydrogens is 360 g/mol. The zero-order valence-electron chi connectivity index (χ0n) is 15.1. The van der Waals surface area contributed by atoms with Crippen LogP contribution in [-0.4, -0.2) is 35.6 Å². The number of nitrogen functional groups attached to an aromatic ring is 1. The molecule has 144 valence electrons. The van der Waals surface area contributed by atoms with Crippen molar-refractivity contribution in [1.82, 2.24) is 15.4 Å². The van der Waals surface area contributed by atoms with Crippen LogP contribution in [0.1, 0.15) is 12.8 Å². The first-order chi connectivity index (χ1) is 13.7. The lowest BCUT2D eigenvalue weighted by Crippen LogP contribution is -2.35. The number of hydrogen-bond donors (Lipinski definition) is 3. The maximum Gasteiger partial charge on any atom is 0.276 e. The number of benzene rings is 1. The molecule has 0 aliphatic carbocycles. The number of ether oxygens (including phenoxy) is 1. The molecule has 2 rings (SSSR count). The third-order valence-corrected chi connectivity index (χ3v) is 3.58. The van der Waals surface area contributed by atoms with Gasteiger partial charge in [0.25, 0.3) is 5.91 Å². The van der Waals surface area contributed by atoms with E-state index in [1.54, 1.807) is 29.2 Å². The van der Waals surface area contributed by atoms with Crippen molar-refractivity contribution in [2.24, 2.45) is 0 Å². The van der Waals surface area contributed by atoms with Crippen LogP contribution < -0.4 is 26.2 Å². The summed E-state index contributed by atoms with van der Waals surface area (Å²) in [5, 5.41) is 17.6. The average Bonchev–Trinajstić information content (AvgIpc) is 2.73. The second-order valence-electron chi connectivity index (χ2n) is 5.54. The minimum absolute atomic E-state index is 0.189. The van der Waals surface area contributed by atoms with Crippen molar-refractivity contribution in [1.29, 1.82) is 10.5 Å². The molecule has 0 fully saturated rings. The van der Waals surface area contributed by atoms with Gasteiger partial charge in [-0.25, -0.2) is 9.97 Å². The Bertz CT molecular complexity index is 842. The minimum Gasteiger partial charge on any atom is -0.484 e. The van der Waals surface area contributed by atoms with Crippen molar-refractivity contribution >= 4 is 23.2 Å². The van der Waals surface area contributed by atoms with Gasteiger partial charge >= 0.3 is 0 Å². The summed E-state index contributed by atoms with van der Waals surface area (Å²) in [4.78, 5) is 21.8. The summed E-state index contributed by atoms with van der Waals surface area (Å²) < 4.78 is 5.35. The molecule has 1 heterocycles. The molecule has 2 aromatic rings. The highest BCUT2D eigenvalue weighted by molar-refractivity contribution is 5.81. The zero-order valence-corrected chi connectivity index (χ0v) is 15.1. The topological polar surface area (TPSA) is 153 Å². The van der Waals surface area contributed by atoms with Crippen molar-refractivity contribution in [2.45, 2.75) is 12.8 Å². The molecule has 0 radical (unpaired) electrons. The molecule has 10 nitrogen and oxygen atoms in total. The lowest BCUT2D eigenvalue weighted by molar-refractivity contribution is -0.122. The van der Waals surface area contributed by atoms with Crippen molar-refractivity contribution < 1.29 is 9.53 Å². The quantitative estimate of drug-likeness (QED) is 0.516. The first kappa shape index (κ1) is 20.3. The van der Waals surface area contributed by atoms with E-state index in [2.05, 4.69) is 33.0 Å². The summed E-state index contributed by atoms with van der Waals surface area (Å²) in [6, 6.07) is 13.0. The standard InChI is InChI=1S/C18H20N8O2/c19-8-4-10-26(11-5-9-20)18-16(21)17(22-13-23-18)25-24-15(27)12-28-14-6-2-1-3-7-14/h1-3,6-7,13H,4-5,10-12,21H2,(H,24,27)(H,22,23,25). The third kappa shape index (κ3) is 6.04. The molecule has 0 saturated carbocycles. The average molecular weight is 380 g/mol. The van der Waals surface area contributed by atoms with Gasteiger partial charge in [-0.05, 0) is 12.1 Å². The van der Waals surface area contributed by atoms with E-state index in [0.717, 1.165) is 0 Å². The van der Waals surface area contributed by atoms with Crippen LogP contribution in [0.25, 0.3) is 0 Å². The second kappa shape index (κ2) is 10.8. The number of nitrogens with one attached hydrogen (secondary N) is 2. The van der Waals surface area contributed by atoms with Gasteiger partial charge in [-0.2, -0.15) is 10.5 Å². The van der Waals surface area contributed by atoms with Crippen LogP contribution in [0.5, 0.6) is 5.75 Å². The van der Waals surface area contributed by atoms with Crippen molar-refractivity contribution in [3.63, 3.8) is 0 Å². The van der Waals surface area contributed by atoms with Crippen LogP contribution in [0.3, 0.4) is 0 Å². The molecule has 1 amide bonds. The highest BCUT2D eigenvalue weighted by Crippen LogP contribution is 2.25. The first-order valence-corrected chi connectivity index (χ1v) is 8.47. The maximum absolute atomic E-state index is 11.9. The predicted molar refractivity (Wildman–Crippen MR) is 103 cm³/mol. The number of hydrazine groups is 1. The highest BCUT2D eigenvalue weighted by atomic mass is 16.5. The Hall–Kier alpha value is -4.05. The van der Waals surface area contributed by atoms with Gasteiger partial charge in [0.1, 0.15) is 17.8 Å². The molecule has 0 aliphatic heterocycles. The van der Waals surface area contributed by atoms with Crippen molar-refractivity contribution in [3.8, 4) is 17.9 Å². The van der Waals surface area contributed by atoms with Gasteiger partial charge in [0.2, 0.25) is 0 Å². The number of anilines is 3. The summed E-state index contributed by atoms with van der Waals surface area (Å²) in [7, 11) is 0. The summed E-state index contributed by atoms with van der Waals surface area (Å²) >= 11 is 0. The van der Waals surface area contributed by atoms with E-state index >= 15 is 0 Å². The van der Waals surface area contributed by atoms with Gasteiger partial charge in [0.05, 0.1) is 25.0 Å². The zero-order chi connectivity index (χ0) is 20.2. The molecule has 4 N–H and O–H groups in total. The van der Waals surface area contributed by atoms with Gasteiger partial charge in [-0.3, -0.25) is 15.6 Å². The van der Waals surface area contributed by atoms with Crippen LogP contribution in [0, 0.1) is 22.7 Å². The molecule has 1 aromatic carbocycles. The van der Waals surface area contributed by atoms with Crippen LogP contribution >= 0.6 is 0 Å². The summed E-state index contributed by atoms with van der Waals surface area (Å²) in [6.45, 7) is 0.553. The summed E-state index contributed by atoms with van der Waals surface area (Å²) in [5.41, 5.74) is 11.4. The van der Waals surface area contributed by atoms with Crippen LogP contribution in [0.4, 0.5) is 17.3 Å². The van der Waals surface area contributed by atoms with Crippen molar-refractivity contribution in [3.05, 3.63) is 36.7 Å². The fourth-order valence-corrected chi connectivity index (χ4v) is 2.26. The maximum atomic E-state index is 11.9. The van der Waals surface area contributed by atoms with E-state index in [4.69, 9.17) is 21.0 Å². The Labute approximate surface area is 162 Å². The number of nitrogens with zero attached hydrogens (tertiary/aromatic N) is 5. The summed E-state index contributed by atoms with van der Waals surface area (Å²) in [6.07, 6.45) is 1.79. The molecule has 0 saturated heterocycles. The number of amides is 1. The lowest BCUT2D eigenvalue weighted by Gasteiger charge is -2.23. The largest absolute Gasteiger partial charge is 0.484 e. The third-order valence-electron chi connectivity index (χ3n) is 3.58. The Morgan fingerprint density at radius 2 is 1.82 bits per heavy atom. The second-order valence-corrected chi connectivity index (χ2v) is 5.54. The SMILES string of the molecule is N#CCCN(CCC#N)c1ncnc(NNC(=O)COc2ccccc2)c1N. The van der Waals surface area contributed by atoms with Crippen LogP contribution in [-0.2, 0) is 4.79 Å².